The Hall–Kier alpha value is -1.47. The third kappa shape index (κ3) is 5.11. The second kappa shape index (κ2) is 10.3. The van der Waals surface area contributed by atoms with Gasteiger partial charge in [-0.3, -0.25) is 4.79 Å². The molecule has 2 aliphatic rings. The van der Waals surface area contributed by atoms with E-state index in [0.29, 0.717) is 19.5 Å². The van der Waals surface area contributed by atoms with Gasteiger partial charge in [-0.15, -0.1) is 12.4 Å². The molecule has 2 atom stereocenters. The number of nitrogens with two attached hydrogens (primary N) is 1. The zero-order valence-electron chi connectivity index (χ0n) is 16.4. The lowest BCUT2D eigenvalue weighted by molar-refractivity contribution is -0.880. The first-order valence-corrected chi connectivity index (χ1v) is 10.2. The minimum atomic E-state index is -1.37. The Labute approximate surface area is 173 Å². The smallest absolute Gasteiger partial charge is 0.333 e. The molecule has 1 aromatic carbocycles. The lowest BCUT2D eigenvalue weighted by Gasteiger charge is -2.37. The van der Waals surface area contributed by atoms with Crippen LogP contribution in [0.2, 0.25) is 0 Å². The summed E-state index contributed by atoms with van der Waals surface area (Å²) in [7, 11) is 0. The van der Waals surface area contributed by atoms with Crippen molar-refractivity contribution in [3.63, 3.8) is 0 Å². The Balaban J connectivity index is 0.00000280. The topological polar surface area (TPSA) is 92.4 Å². The van der Waals surface area contributed by atoms with Crippen LogP contribution in [0, 0.1) is 0 Å². The average Bonchev–Trinajstić information content (AvgIpc) is 3.19. The Morgan fingerprint density at radius 3 is 2.29 bits per heavy atom. The number of carbonyl (C=O) groups is 2. The van der Waals surface area contributed by atoms with Crippen LogP contribution in [-0.4, -0.2) is 52.8 Å². The summed E-state index contributed by atoms with van der Waals surface area (Å²) in [6.07, 6.45) is 5.96. The van der Waals surface area contributed by atoms with Gasteiger partial charge in [-0.25, -0.2) is 9.28 Å². The molecule has 2 amide bonds. The van der Waals surface area contributed by atoms with Crippen LogP contribution in [0.1, 0.15) is 50.5 Å². The van der Waals surface area contributed by atoms with Gasteiger partial charge in [0.15, 0.2) is 0 Å². The highest BCUT2D eigenvalue weighted by atomic mass is 35.5. The summed E-state index contributed by atoms with van der Waals surface area (Å²) >= 11 is 0. The van der Waals surface area contributed by atoms with Gasteiger partial charge in [0.05, 0.1) is 13.1 Å². The van der Waals surface area contributed by atoms with E-state index in [2.05, 4.69) is 5.32 Å². The molecule has 1 aromatic rings. The third-order valence-corrected chi connectivity index (χ3v) is 6.07. The molecule has 1 saturated heterocycles. The maximum atomic E-state index is 13.2. The standard InChI is InChI=1S/C21H31N3O3.ClH/c22-18(15-16-9-3-1-4-10-16)20(26)24(13-7-8-14-24)21(27)19(25)23-17-11-5-2-6-12-17;/h1,3-4,9-10,17-18,21,27H,2,5-8,11-15,22H2;1H/p+1. The summed E-state index contributed by atoms with van der Waals surface area (Å²) in [5.74, 6) is -0.660. The predicted molar refractivity (Wildman–Crippen MR) is 111 cm³/mol. The highest BCUT2D eigenvalue weighted by Gasteiger charge is 2.51. The molecule has 0 bridgehead atoms. The molecule has 0 radical (unpaired) electrons. The molecule has 0 spiro atoms. The number of likely N-dealkylation sites (tertiary alicyclic amines) is 1. The Bertz CT molecular complexity index is 644. The highest BCUT2D eigenvalue weighted by molar-refractivity contribution is 5.85. The van der Waals surface area contributed by atoms with Crippen molar-refractivity contribution in [2.45, 2.75) is 69.7 Å². The van der Waals surface area contributed by atoms with Gasteiger partial charge in [0.25, 0.3) is 6.23 Å². The number of nitrogens with zero attached hydrogens (tertiary/aromatic N) is 1. The number of carbonyl (C=O) groups excluding carboxylic acids is 2. The van der Waals surface area contributed by atoms with Crippen LogP contribution < -0.4 is 11.1 Å². The first-order valence-electron chi connectivity index (χ1n) is 10.2. The molecule has 4 N–H and O–H groups in total. The van der Waals surface area contributed by atoms with Crippen molar-refractivity contribution < 1.29 is 19.2 Å². The molecule has 6 nitrogen and oxygen atoms in total. The van der Waals surface area contributed by atoms with Crippen LogP contribution in [-0.2, 0) is 16.0 Å². The molecule has 1 aliphatic heterocycles. The molecule has 2 unspecified atom stereocenters. The minimum Gasteiger partial charge on any atom is -0.346 e. The van der Waals surface area contributed by atoms with Gasteiger partial charge in [-0.05, 0) is 18.4 Å². The van der Waals surface area contributed by atoms with Crippen LogP contribution in [0.4, 0.5) is 0 Å². The van der Waals surface area contributed by atoms with Crippen LogP contribution >= 0.6 is 12.4 Å². The average molecular weight is 411 g/mol. The first-order chi connectivity index (χ1) is 13.0. The summed E-state index contributed by atoms with van der Waals surface area (Å²) in [6.45, 7) is 0.946. The monoisotopic (exact) mass is 410 g/mol. The fourth-order valence-electron chi connectivity index (χ4n) is 4.52. The van der Waals surface area contributed by atoms with Crippen LogP contribution in [0.5, 0.6) is 0 Å². The van der Waals surface area contributed by atoms with Gasteiger partial charge in [0.2, 0.25) is 0 Å². The molecular formula is C21H33ClN3O3+. The largest absolute Gasteiger partial charge is 0.346 e. The SMILES string of the molecule is Cl.NC(Cc1ccccc1)C(=O)[N+]1(C(O)C(=O)NC2CCCCC2)CCCC1. The molecule has 1 aliphatic carbocycles. The lowest BCUT2D eigenvalue weighted by Crippen LogP contribution is -2.67. The summed E-state index contributed by atoms with van der Waals surface area (Å²) in [6, 6.07) is 9.00. The normalized spacial score (nSPS) is 21.4. The molecule has 0 aromatic heterocycles. The second-order valence-electron chi connectivity index (χ2n) is 8.04. The fraction of sp³-hybridized carbons (Fsp3) is 0.619. The van der Waals surface area contributed by atoms with Gasteiger partial charge in [0.1, 0.15) is 6.04 Å². The van der Waals surface area contributed by atoms with E-state index < -0.39 is 18.2 Å². The predicted octanol–water partition coefficient (Wildman–Crippen LogP) is 1.88. The molecule has 1 heterocycles. The summed E-state index contributed by atoms with van der Waals surface area (Å²) in [5, 5.41) is 13.8. The van der Waals surface area contributed by atoms with E-state index in [0.717, 1.165) is 44.1 Å². The van der Waals surface area contributed by atoms with Crippen molar-refractivity contribution in [3.05, 3.63) is 35.9 Å². The van der Waals surface area contributed by atoms with Crippen molar-refractivity contribution in [1.82, 2.24) is 5.32 Å². The number of quaternary nitrogens is 1. The van der Waals surface area contributed by atoms with Crippen LogP contribution in [0.25, 0.3) is 0 Å². The minimum absolute atomic E-state index is 0. The third-order valence-electron chi connectivity index (χ3n) is 6.07. The maximum Gasteiger partial charge on any atom is 0.333 e. The lowest BCUT2D eigenvalue weighted by atomic mass is 9.95. The zero-order chi connectivity index (χ0) is 19.3. The van der Waals surface area contributed by atoms with Crippen LogP contribution in [0.15, 0.2) is 30.3 Å². The van der Waals surface area contributed by atoms with E-state index in [9.17, 15) is 14.7 Å². The molecular weight excluding hydrogens is 378 g/mol. The number of amides is 2. The van der Waals surface area contributed by atoms with Gasteiger partial charge in [-0.1, -0.05) is 49.6 Å². The van der Waals surface area contributed by atoms with Crippen molar-refractivity contribution in [2.75, 3.05) is 13.1 Å². The Morgan fingerprint density at radius 2 is 1.68 bits per heavy atom. The Kier molecular flexibility index (Phi) is 8.43. The summed E-state index contributed by atoms with van der Waals surface area (Å²) < 4.78 is -0.230. The number of aliphatic hydroxyl groups excluding tert-OH is 1. The second-order valence-corrected chi connectivity index (χ2v) is 8.04. The van der Waals surface area contributed by atoms with Crippen molar-refractivity contribution >= 4 is 24.2 Å². The summed E-state index contributed by atoms with van der Waals surface area (Å²) in [5.41, 5.74) is 7.21. The van der Waals surface area contributed by atoms with E-state index in [1.165, 1.54) is 6.42 Å². The van der Waals surface area contributed by atoms with Gasteiger partial charge >= 0.3 is 11.8 Å². The van der Waals surface area contributed by atoms with Gasteiger partial charge < -0.3 is 16.2 Å². The zero-order valence-corrected chi connectivity index (χ0v) is 17.2. The van der Waals surface area contributed by atoms with Gasteiger partial charge in [0, 0.05) is 25.3 Å². The molecule has 3 rings (SSSR count). The number of benzene rings is 1. The van der Waals surface area contributed by atoms with E-state index in [1.807, 2.05) is 30.3 Å². The Morgan fingerprint density at radius 1 is 1.07 bits per heavy atom. The molecule has 2 fully saturated rings. The first kappa shape index (κ1) is 22.8. The van der Waals surface area contributed by atoms with E-state index >= 15 is 0 Å². The number of aliphatic hydroxyl groups is 1. The number of nitrogens with one attached hydrogen (secondary N) is 1. The quantitative estimate of drug-likeness (QED) is 0.624. The summed E-state index contributed by atoms with van der Waals surface area (Å²) in [4.78, 5) is 25.9. The fourth-order valence-corrected chi connectivity index (χ4v) is 4.52. The maximum absolute atomic E-state index is 13.2. The number of hydrogen-bond acceptors (Lipinski definition) is 4. The van der Waals surface area contributed by atoms with E-state index in [4.69, 9.17) is 5.73 Å². The molecule has 1 saturated carbocycles. The van der Waals surface area contributed by atoms with Crippen molar-refractivity contribution in [1.29, 1.82) is 0 Å². The van der Waals surface area contributed by atoms with Crippen LogP contribution in [0.3, 0.4) is 0 Å². The van der Waals surface area contributed by atoms with Crippen molar-refractivity contribution in [2.24, 2.45) is 5.73 Å². The number of hydrogen-bond donors (Lipinski definition) is 3. The van der Waals surface area contributed by atoms with Gasteiger partial charge in [-0.2, -0.15) is 0 Å². The number of halogens is 1. The number of rotatable bonds is 6. The highest BCUT2D eigenvalue weighted by Crippen LogP contribution is 2.26. The molecule has 156 valence electrons. The van der Waals surface area contributed by atoms with Crippen molar-refractivity contribution in [3.8, 4) is 0 Å². The molecule has 28 heavy (non-hydrogen) atoms. The molecule has 7 heteroatoms. The van der Waals surface area contributed by atoms with E-state index in [1.54, 1.807) is 0 Å². The van der Waals surface area contributed by atoms with E-state index in [-0.39, 0.29) is 28.8 Å².